The minimum absolute atomic E-state index is 0.123. The molecule has 2 rings (SSSR count). The first-order chi connectivity index (χ1) is 9.03. The number of rotatable bonds is 4. The van der Waals surface area contributed by atoms with Crippen molar-refractivity contribution in [3.05, 3.63) is 29.8 Å². The molecule has 1 unspecified atom stereocenters. The number of benzene rings is 1. The lowest BCUT2D eigenvalue weighted by Crippen LogP contribution is -2.39. The Hall–Kier alpha value is -1.06. The number of aliphatic hydroxyl groups is 1. The lowest BCUT2D eigenvalue weighted by Gasteiger charge is -2.32. The predicted octanol–water partition coefficient (Wildman–Crippen LogP) is 2.43. The summed E-state index contributed by atoms with van der Waals surface area (Å²) in [6.07, 6.45) is 2.56. The van der Waals surface area contributed by atoms with Crippen LogP contribution in [0.1, 0.15) is 32.3 Å². The Balaban J connectivity index is 2.16. The molecule has 1 fully saturated rings. The lowest BCUT2D eigenvalue weighted by molar-refractivity contribution is 0.101. The van der Waals surface area contributed by atoms with E-state index in [0.29, 0.717) is 0 Å². The van der Waals surface area contributed by atoms with Crippen LogP contribution < -0.4 is 4.74 Å². The quantitative estimate of drug-likeness (QED) is 0.905. The van der Waals surface area contributed by atoms with Gasteiger partial charge in [0.25, 0.3) is 0 Å². The first-order valence-electron chi connectivity index (χ1n) is 7.08. The van der Waals surface area contributed by atoms with Gasteiger partial charge in [0.05, 0.1) is 6.61 Å². The van der Waals surface area contributed by atoms with Gasteiger partial charge < -0.3 is 14.7 Å². The monoisotopic (exact) mass is 263 g/mol. The Morgan fingerprint density at radius 2 is 2.11 bits per heavy atom. The van der Waals surface area contributed by atoms with Crippen LogP contribution in [0.4, 0.5) is 0 Å². The topological polar surface area (TPSA) is 32.7 Å². The average molecular weight is 263 g/mol. The molecule has 1 aromatic carbocycles. The van der Waals surface area contributed by atoms with Gasteiger partial charge in [-0.1, -0.05) is 32.0 Å². The van der Waals surface area contributed by atoms with Gasteiger partial charge in [-0.15, -0.1) is 0 Å². The van der Waals surface area contributed by atoms with Crippen molar-refractivity contribution in [1.29, 1.82) is 0 Å². The van der Waals surface area contributed by atoms with E-state index < -0.39 is 0 Å². The molecule has 1 N–H and O–H groups in total. The summed E-state index contributed by atoms with van der Waals surface area (Å²) in [6.45, 7) is 6.35. The molecule has 0 aromatic heterocycles. The number of para-hydroxylation sites is 1. The summed E-state index contributed by atoms with van der Waals surface area (Å²) in [5.74, 6) is 0.918. The van der Waals surface area contributed by atoms with E-state index in [1.54, 1.807) is 0 Å². The fourth-order valence-corrected chi connectivity index (χ4v) is 2.61. The van der Waals surface area contributed by atoms with Crippen LogP contribution in [0.25, 0.3) is 0 Å². The second kappa shape index (κ2) is 5.93. The Kier molecular flexibility index (Phi) is 4.48. The summed E-state index contributed by atoms with van der Waals surface area (Å²) in [5.41, 5.74) is 0.822. The van der Waals surface area contributed by atoms with Crippen LogP contribution in [0.2, 0.25) is 0 Å². The van der Waals surface area contributed by atoms with Crippen molar-refractivity contribution in [1.82, 2.24) is 4.90 Å². The highest BCUT2D eigenvalue weighted by Crippen LogP contribution is 2.32. The van der Waals surface area contributed by atoms with Crippen LogP contribution in [0, 0.1) is 0 Å². The molecule has 3 nitrogen and oxygen atoms in total. The van der Waals surface area contributed by atoms with E-state index in [1.807, 2.05) is 32.0 Å². The molecule has 1 aliphatic rings. The van der Waals surface area contributed by atoms with Gasteiger partial charge in [-0.2, -0.15) is 0 Å². The van der Waals surface area contributed by atoms with E-state index >= 15 is 0 Å². The molecule has 1 saturated heterocycles. The average Bonchev–Trinajstić information content (AvgIpc) is 2.39. The van der Waals surface area contributed by atoms with Gasteiger partial charge >= 0.3 is 0 Å². The van der Waals surface area contributed by atoms with Crippen LogP contribution in [0.5, 0.6) is 5.75 Å². The van der Waals surface area contributed by atoms with Crippen molar-refractivity contribution < 1.29 is 9.84 Å². The molecule has 0 saturated carbocycles. The van der Waals surface area contributed by atoms with Crippen molar-refractivity contribution in [3.63, 3.8) is 0 Å². The molecule has 1 aromatic rings. The molecule has 0 radical (unpaired) electrons. The summed E-state index contributed by atoms with van der Waals surface area (Å²) < 4.78 is 6.19. The normalized spacial score (nSPS) is 21.4. The maximum atomic E-state index is 9.56. The van der Waals surface area contributed by atoms with E-state index in [2.05, 4.69) is 18.0 Å². The summed E-state index contributed by atoms with van der Waals surface area (Å²) in [7, 11) is 2.14. The molecule has 0 aliphatic carbocycles. The molecule has 0 amide bonds. The van der Waals surface area contributed by atoms with E-state index in [-0.39, 0.29) is 18.1 Å². The second-order valence-corrected chi connectivity index (χ2v) is 6.18. The number of hydrogen-bond donors (Lipinski definition) is 1. The molecule has 0 bridgehead atoms. The first kappa shape index (κ1) is 14.4. The third-order valence-corrected chi connectivity index (χ3v) is 3.89. The number of piperidine rings is 1. The zero-order valence-electron chi connectivity index (χ0n) is 12.2. The van der Waals surface area contributed by atoms with E-state index in [4.69, 9.17) is 4.74 Å². The molecule has 19 heavy (non-hydrogen) atoms. The Labute approximate surface area is 116 Å². The smallest absolute Gasteiger partial charge is 0.123 e. The summed E-state index contributed by atoms with van der Waals surface area (Å²) in [5, 5.41) is 9.56. The predicted molar refractivity (Wildman–Crippen MR) is 77.7 cm³/mol. The molecule has 0 spiro atoms. The summed E-state index contributed by atoms with van der Waals surface area (Å²) in [4.78, 5) is 2.31. The number of ether oxygens (including phenoxy) is 1. The number of likely N-dealkylation sites (N-methyl/N-ethyl adjacent to an activating group) is 1. The van der Waals surface area contributed by atoms with Crippen molar-refractivity contribution >= 4 is 0 Å². The van der Waals surface area contributed by atoms with Gasteiger partial charge in [0.2, 0.25) is 0 Å². The van der Waals surface area contributed by atoms with Gasteiger partial charge in [0.1, 0.15) is 11.9 Å². The number of nitrogens with zero attached hydrogens (tertiary/aromatic N) is 1. The highest BCUT2D eigenvalue weighted by molar-refractivity contribution is 5.39. The Morgan fingerprint density at radius 1 is 1.37 bits per heavy atom. The maximum absolute atomic E-state index is 9.56. The largest absolute Gasteiger partial charge is 0.489 e. The number of aliphatic hydroxyl groups excluding tert-OH is 1. The van der Waals surface area contributed by atoms with Gasteiger partial charge in [-0.3, -0.25) is 0 Å². The second-order valence-electron chi connectivity index (χ2n) is 6.18. The Bertz CT molecular complexity index is 417. The van der Waals surface area contributed by atoms with Crippen LogP contribution in [0.15, 0.2) is 24.3 Å². The molecule has 1 aliphatic heterocycles. The number of hydrogen-bond acceptors (Lipinski definition) is 3. The molecule has 106 valence electrons. The fraction of sp³-hybridized carbons (Fsp3) is 0.625. The maximum Gasteiger partial charge on any atom is 0.123 e. The van der Waals surface area contributed by atoms with Gasteiger partial charge in [0, 0.05) is 17.5 Å². The van der Waals surface area contributed by atoms with Crippen molar-refractivity contribution in [2.45, 2.75) is 38.2 Å². The molecular formula is C16H25NO2. The summed E-state index contributed by atoms with van der Waals surface area (Å²) in [6, 6.07) is 8.07. The van der Waals surface area contributed by atoms with Crippen LogP contribution in [-0.4, -0.2) is 42.9 Å². The third kappa shape index (κ3) is 3.48. The molecule has 3 heteroatoms. The zero-order chi connectivity index (χ0) is 13.9. The zero-order valence-corrected chi connectivity index (χ0v) is 12.2. The highest BCUT2D eigenvalue weighted by atomic mass is 16.5. The van der Waals surface area contributed by atoms with Crippen LogP contribution in [-0.2, 0) is 5.41 Å². The van der Waals surface area contributed by atoms with Crippen molar-refractivity contribution in [2.24, 2.45) is 0 Å². The summed E-state index contributed by atoms with van der Waals surface area (Å²) >= 11 is 0. The van der Waals surface area contributed by atoms with Crippen molar-refractivity contribution in [2.75, 3.05) is 26.7 Å². The van der Waals surface area contributed by atoms with Crippen LogP contribution in [0.3, 0.4) is 0 Å². The molecule has 1 heterocycles. The fourth-order valence-electron chi connectivity index (χ4n) is 2.61. The third-order valence-electron chi connectivity index (χ3n) is 3.89. The molecule has 1 atom stereocenters. The standard InChI is InChI=1S/C16H25NO2/c1-16(2,12-18)14-8-4-5-9-15(14)19-13-7-6-10-17(3)11-13/h4-5,8-9,13,18H,6-7,10-12H2,1-3H3. The van der Waals surface area contributed by atoms with Gasteiger partial charge in [0.15, 0.2) is 0 Å². The minimum atomic E-state index is -0.267. The number of likely N-dealkylation sites (tertiary alicyclic amines) is 1. The van der Waals surface area contributed by atoms with E-state index in [0.717, 1.165) is 30.8 Å². The lowest BCUT2D eigenvalue weighted by atomic mass is 9.85. The van der Waals surface area contributed by atoms with Crippen molar-refractivity contribution in [3.8, 4) is 5.75 Å². The first-order valence-corrected chi connectivity index (χ1v) is 7.08. The highest BCUT2D eigenvalue weighted by Gasteiger charge is 2.25. The van der Waals surface area contributed by atoms with Gasteiger partial charge in [-0.05, 0) is 32.5 Å². The minimum Gasteiger partial charge on any atom is -0.489 e. The van der Waals surface area contributed by atoms with E-state index in [1.165, 1.54) is 6.42 Å². The molecular weight excluding hydrogens is 238 g/mol. The van der Waals surface area contributed by atoms with Gasteiger partial charge in [-0.25, -0.2) is 0 Å². The van der Waals surface area contributed by atoms with Crippen LogP contribution >= 0.6 is 0 Å². The Morgan fingerprint density at radius 3 is 2.79 bits per heavy atom. The van der Waals surface area contributed by atoms with E-state index in [9.17, 15) is 5.11 Å². The SMILES string of the molecule is CN1CCCC(Oc2ccccc2C(C)(C)CO)C1.